The van der Waals surface area contributed by atoms with Crippen molar-refractivity contribution in [3.63, 3.8) is 0 Å². The van der Waals surface area contributed by atoms with E-state index in [9.17, 15) is 4.79 Å². The lowest BCUT2D eigenvalue weighted by molar-refractivity contribution is 0.0532. The second kappa shape index (κ2) is 6.81. The number of carbonyl (C=O) groups is 1. The van der Waals surface area contributed by atoms with E-state index in [1.807, 2.05) is 4.90 Å². The smallest absolute Gasteiger partial charge is 0.255 e. The quantitative estimate of drug-likeness (QED) is 0.854. The Morgan fingerprint density at radius 1 is 1.36 bits per heavy atom. The molecule has 3 heterocycles. The Kier molecular flexibility index (Phi) is 5.78. The number of aromatic nitrogens is 3. The summed E-state index contributed by atoms with van der Waals surface area (Å²) in [6.07, 6.45) is 4.22. The highest BCUT2D eigenvalue weighted by Crippen LogP contribution is 2.28. The molecule has 1 aliphatic rings. The van der Waals surface area contributed by atoms with Crippen LogP contribution in [-0.4, -0.2) is 44.5 Å². The second-order valence-corrected chi connectivity index (χ2v) is 6.12. The van der Waals surface area contributed by atoms with E-state index in [1.165, 1.54) is 0 Å². The van der Waals surface area contributed by atoms with E-state index in [0.29, 0.717) is 18.7 Å². The largest absolute Gasteiger partial charge is 0.338 e. The van der Waals surface area contributed by atoms with E-state index in [-0.39, 0.29) is 42.2 Å². The Morgan fingerprint density at radius 2 is 2.09 bits per heavy atom. The van der Waals surface area contributed by atoms with Crippen LogP contribution in [-0.2, 0) is 0 Å². The molecule has 1 saturated heterocycles. The van der Waals surface area contributed by atoms with Crippen LogP contribution >= 0.6 is 24.8 Å². The van der Waals surface area contributed by atoms with E-state index in [4.69, 9.17) is 5.73 Å². The Bertz CT molecular complexity index is 657. The number of pyridine rings is 1. The first-order chi connectivity index (χ1) is 9.47. The lowest BCUT2D eigenvalue weighted by Gasteiger charge is -2.42. The van der Waals surface area contributed by atoms with Gasteiger partial charge in [0.1, 0.15) is 6.33 Å². The third-order valence-electron chi connectivity index (χ3n) is 4.14. The van der Waals surface area contributed by atoms with Crippen LogP contribution in [0.4, 0.5) is 0 Å². The fraction of sp³-hybridized carbons (Fsp3) is 0.500. The minimum atomic E-state index is -0.0471. The first-order valence-corrected chi connectivity index (χ1v) is 6.82. The van der Waals surface area contributed by atoms with Crippen LogP contribution in [0.1, 0.15) is 30.6 Å². The number of halogens is 2. The SMILES string of the molecule is CC1(C)CN(C(=O)c2ccc3nncn3c2)CCC1N.Cl.Cl. The van der Waals surface area contributed by atoms with Gasteiger partial charge in [0, 0.05) is 25.3 Å². The summed E-state index contributed by atoms with van der Waals surface area (Å²) in [5.74, 6) is 0.0422. The molecule has 2 aromatic heterocycles. The van der Waals surface area contributed by atoms with Gasteiger partial charge in [-0.25, -0.2) is 0 Å². The minimum absolute atomic E-state index is 0. The number of hydrogen-bond donors (Lipinski definition) is 1. The number of carbonyl (C=O) groups excluding carboxylic acids is 1. The zero-order valence-corrected chi connectivity index (χ0v) is 14.2. The molecular formula is C14H21Cl2N5O. The number of nitrogens with two attached hydrogens (primary N) is 1. The molecule has 0 saturated carbocycles. The number of hydrogen-bond acceptors (Lipinski definition) is 4. The summed E-state index contributed by atoms with van der Waals surface area (Å²) in [6, 6.07) is 3.75. The number of rotatable bonds is 1. The van der Waals surface area contributed by atoms with Crippen LogP contribution in [0.25, 0.3) is 5.65 Å². The molecule has 122 valence electrons. The second-order valence-electron chi connectivity index (χ2n) is 6.12. The van der Waals surface area contributed by atoms with Crippen molar-refractivity contribution < 1.29 is 4.79 Å². The lowest BCUT2D eigenvalue weighted by Crippen LogP contribution is -2.54. The van der Waals surface area contributed by atoms with Crippen LogP contribution in [0.2, 0.25) is 0 Å². The van der Waals surface area contributed by atoms with Crippen molar-refractivity contribution >= 4 is 36.4 Å². The lowest BCUT2D eigenvalue weighted by atomic mass is 9.79. The van der Waals surface area contributed by atoms with E-state index in [2.05, 4.69) is 24.0 Å². The Morgan fingerprint density at radius 3 is 2.77 bits per heavy atom. The van der Waals surface area contributed by atoms with Crippen molar-refractivity contribution in [2.75, 3.05) is 13.1 Å². The third-order valence-corrected chi connectivity index (χ3v) is 4.14. The number of likely N-dealkylation sites (tertiary alicyclic amines) is 1. The standard InChI is InChI=1S/C14H19N5O.2ClH/c1-14(2)8-18(6-5-11(14)15)13(20)10-3-4-12-17-16-9-19(12)7-10;;/h3-4,7,9,11H,5-6,8,15H2,1-2H3;2*1H. The van der Waals surface area contributed by atoms with Gasteiger partial charge in [0.25, 0.3) is 5.91 Å². The van der Waals surface area contributed by atoms with Crippen molar-refractivity contribution in [2.45, 2.75) is 26.3 Å². The molecule has 22 heavy (non-hydrogen) atoms. The van der Waals surface area contributed by atoms with Crippen LogP contribution in [0.3, 0.4) is 0 Å². The molecule has 1 amide bonds. The van der Waals surface area contributed by atoms with Crippen molar-refractivity contribution in [1.82, 2.24) is 19.5 Å². The van der Waals surface area contributed by atoms with Gasteiger partial charge in [-0.05, 0) is 24.0 Å². The number of fused-ring (bicyclic) bond motifs is 1. The van der Waals surface area contributed by atoms with Gasteiger partial charge in [-0.15, -0.1) is 35.0 Å². The molecule has 0 aliphatic carbocycles. The Labute approximate surface area is 141 Å². The molecule has 0 aromatic carbocycles. The summed E-state index contributed by atoms with van der Waals surface area (Å²) in [7, 11) is 0. The van der Waals surface area contributed by atoms with Crippen LogP contribution in [0.5, 0.6) is 0 Å². The summed E-state index contributed by atoms with van der Waals surface area (Å²) >= 11 is 0. The zero-order valence-electron chi connectivity index (χ0n) is 12.6. The van der Waals surface area contributed by atoms with Gasteiger partial charge in [0.2, 0.25) is 0 Å². The molecule has 2 aromatic rings. The molecule has 0 spiro atoms. The van der Waals surface area contributed by atoms with E-state index in [0.717, 1.165) is 12.1 Å². The fourth-order valence-electron chi connectivity index (χ4n) is 2.68. The van der Waals surface area contributed by atoms with Gasteiger partial charge in [-0.3, -0.25) is 9.20 Å². The molecule has 3 rings (SSSR count). The molecule has 8 heteroatoms. The van der Waals surface area contributed by atoms with Crippen LogP contribution in [0, 0.1) is 5.41 Å². The van der Waals surface area contributed by atoms with Crippen LogP contribution in [0.15, 0.2) is 24.7 Å². The first-order valence-electron chi connectivity index (χ1n) is 6.82. The van der Waals surface area contributed by atoms with Crippen molar-refractivity contribution in [3.05, 3.63) is 30.2 Å². The summed E-state index contributed by atoms with van der Waals surface area (Å²) in [6.45, 7) is 5.62. The van der Waals surface area contributed by atoms with Gasteiger partial charge in [0.05, 0.1) is 5.56 Å². The highest BCUT2D eigenvalue weighted by Gasteiger charge is 2.35. The summed E-state index contributed by atoms with van der Waals surface area (Å²) in [5, 5.41) is 7.76. The van der Waals surface area contributed by atoms with Gasteiger partial charge < -0.3 is 10.6 Å². The first kappa shape index (κ1) is 18.7. The van der Waals surface area contributed by atoms with Crippen molar-refractivity contribution in [3.8, 4) is 0 Å². The zero-order chi connectivity index (χ0) is 14.3. The van der Waals surface area contributed by atoms with E-state index in [1.54, 1.807) is 29.1 Å². The fourth-order valence-corrected chi connectivity index (χ4v) is 2.68. The van der Waals surface area contributed by atoms with Gasteiger partial charge in [-0.1, -0.05) is 13.8 Å². The predicted octanol–water partition coefficient (Wildman–Crippen LogP) is 1.77. The maximum atomic E-state index is 12.6. The summed E-state index contributed by atoms with van der Waals surface area (Å²) in [5.41, 5.74) is 7.46. The van der Waals surface area contributed by atoms with Gasteiger partial charge >= 0.3 is 0 Å². The average Bonchev–Trinajstić information content (AvgIpc) is 2.88. The van der Waals surface area contributed by atoms with Gasteiger partial charge in [0.15, 0.2) is 5.65 Å². The maximum Gasteiger partial charge on any atom is 0.255 e. The molecular weight excluding hydrogens is 325 g/mol. The predicted molar refractivity (Wildman–Crippen MR) is 89.8 cm³/mol. The van der Waals surface area contributed by atoms with E-state index < -0.39 is 0 Å². The maximum absolute atomic E-state index is 12.6. The molecule has 1 fully saturated rings. The molecule has 1 atom stereocenters. The summed E-state index contributed by atoms with van der Waals surface area (Å²) in [4.78, 5) is 14.5. The Hall–Kier alpha value is -1.37. The molecule has 0 radical (unpaired) electrons. The van der Waals surface area contributed by atoms with E-state index >= 15 is 0 Å². The monoisotopic (exact) mass is 345 g/mol. The minimum Gasteiger partial charge on any atom is -0.338 e. The highest BCUT2D eigenvalue weighted by molar-refractivity contribution is 5.94. The molecule has 1 unspecified atom stereocenters. The molecule has 1 aliphatic heterocycles. The molecule has 0 bridgehead atoms. The Balaban J connectivity index is 0.00000121. The average molecular weight is 346 g/mol. The van der Waals surface area contributed by atoms with Crippen molar-refractivity contribution in [2.24, 2.45) is 11.1 Å². The topological polar surface area (TPSA) is 76.5 Å². The highest BCUT2D eigenvalue weighted by atomic mass is 35.5. The third kappa shape index (κ3) is 3.34. The normalized spacial score (nSPS) is 20.1. The molecule has 2 N–H and O–H groups in total. The van der Waals surface area contributed by atoms with Gasteiger partial charge in [-0.2, -0.15) is 0 Å². The number of amides is 1. The summed E-state index contributed by atoms with van der Waals surface area (Å²) < 4.78 is 1.76. The number of nitrogens with zero attached hydrogens (tertiary/aromatic N) is 4. The van der Waals surface area contributed by atoms with Crippen LogP contribution < -0.4 is 5.73 Å². The molecule has 6 nitrogen and oxygen atoms in total. The number of piperidine rings is 1. The van der Waals surface area contributed by atoms with Crippen molar-refractivity contribution in [1.29, 1.82) is 0 Å².